The van der Waals surface area contributed by atoms with Crippen molar-refractivity contribution in [3.63, 3.8) is 0 Å². The van der Waals surface area contributed by atoms with Crippen LogP contribution in [0, 0.1) is 0 Å². The van der Waals surface area contributed by atoms with Gasteiger partial charge < -0.3 is 19.4 Å². The number of esters is 1. The predicted molar refractivity (Wildman–Crippen MR) is 133 cm³/mol. The first kappa shape index (κ1) is 24.6. The summed E-state index contributed by atoms with van der Waals surface area (Å²) in [6.07, 6.45) is 2.39. The fraction of sp³-hybridized carbons (Fsp3) is 0.391. The zero-order valence-corrected chi connectivity index (χ0v) is 21.5. The van der Waals surface area contributed by atoms with E-state index >= 15 is 0 Å². The maximum Gasteiger partial charge on any atom is 0.341 e. The number of amides is 1. The molecule has 0 fully saturated rings. The van der Waals surface area contributed by atoms with Crippen LogP contribution in [-0.2, 0) is 29.4 Å². The molecule has 0 radical (unpaired) electrons. The molecular weight excluding hydrogens is 496 g/mol. The Kier molecular flexibility index (Phi) is 7.80. The molecule has 1 amide bonds. The third-order valence-electron chi connectivity index (χ3n) is 5.36. The van der Waals surface area contributed by atoms with Crippen LogP contribution in [0.15, 0.2) is 29.4 Å². The summed E-state index contributed by atoms with van der Waals surface area (Å²) in [6, 6.07) is 7.23. The number of para-hydroxylation sites is 1. The van der Waals surface area contributed by atoms with Crippen LogP contribution in [0.25, 0.3) is 0 Å². The van der Waals surface area contributed by atoms with Gasteiger partial charge in [0.05, 0.1) is 22.9 Å². The Hall–Kier alpha value is -2.56. The highest BCUT2D eigenvalue weighted by atomic mass is 35.5. The van der Waals surface area contributed by atoms with Gasteiger partial charge in [0.2, 0.25) is 5.91 Å². The van der Waals surface area contributed by atoms with Gasteiger partial charge in [-0.25, -0.2) is 4.79 Å². The summed E-state index contributed by atoms with van der Waals surface area (Å²) in [5, 5.41) is 13.0. The molecule has 1 aromatic carbocycles. The number of fused-ring (bicyclic) bond motifs is 1. The molecule has 1 atom stereocenters. The lowest BCUT2D eigenvalue weighted by Gasteiger charge is -2.15. The maximum absolute atomic E-state index is 12.7. The topological polar surface area (TPSA) is 95.3 Å². The number of carbonyl (C=O) groups excluding carboxylic acids is 2. The lowest BCUT2D eigenvalue weighted by Crippen LogP contribution is -2.17. The largest absolute Gasteiger partial charge is 0.481 e. The average Bonchev–Trinajstić information content (AvgIpc) is 3.48. The third kappa shape index (κ3) is 5.24. The Bertz CT molecular complexity index is 1210. The molecule has 0 saturated heterocycles. The van der Waals surface area contributed by atoms with Crippen molar-refractivity contribution in [3.05, 3.63) is 51.1 Å². The summed E-state index contributed by atoms with van der Waals surface area (Å²) >= 11 is 8.90. The average molecular weight is 521 g/mol. The molecule has 4 rings (SSSR count). The number of carbonyl (C=O) groups is 2. The van der Waals surface area contributed by atoms with E-state index in [1.165, 1.54) is 23.1 Å². The molecule has 2 heterocycles. The minimum Gasteiger partial charge on any atom is -0.481 e. The van der Waals surface area contributed by atoms with E-state index in [0.717, 1.165) is 29.7 Å². The number of hydrogen-bond acceptors (Lipinski definition) is 8. The van der Waals surface area contributed by atoms with Crippen molar-refractivity contribution in [1.82, 2.24) is 14.8 Å². The fourth-order valence-corrected chi connectivity index (χ4v) is 5.99. The Morgan fingerprint density at radius 1 is 1.29 bits per heavy atom. The number of nitrogens with zero attached hydrogens (tertiary/aromatic N) is 3. The number of anilines is 1. The Morgan fingerprint density at radius 3 is 2.85 bits per heavy atom. The molecule has 0 bridgehead atoms. The maximum atomic E-state index is 12.7. The summed E-state index contributed by atoms with van der Waals surface area (Å²) in [5.41, 5.74) is 1.51. The third-order valence-corrected chi connectivity index (χ3v) is 7.90. The second kappa shape index (κ2) is 10.8. The standard InChI is InChI=1S/C23H25ClN4O4S2/c1-4-31-22(30)19-14-8-7-11-17(14)34-21(19)25-18(29)12-33-23-27-26-20(28(23)3)13(2)32-16-10-6-5-9-15(16)24/h5-6,9-10,13H,4,7-8,11-12H2,1-3H3,(H,25,29). The second-order valence-corrected chi connectivity index (χ2v) is 10.2. The van der Waals surface area contributed by atoms with Gasteiger partial charge in [0.15, 0.2) is 17.1 Å². The van der Waals surface area contributed by atoms with E-state index < -0.39 is 0 Å². The van der Waals surface area contributed by atoms with Crippen LogP contribution < -0.4 is 10.1 Å². The highest BCUT2D eigenvalue weighted by molar-refractivity contribution is 7.99. The number of hydrogen-bond donors (Lipinski definition) is 1. The van der Waals surface area contributed by atoms with Gasteiger partial charge in [0.1, 0.15) is 10.8 Å². The zero-order valence-electron chi connectivity index (χ0n) is 19.1. The van der Waals surface area contributed by atoms with Gasteiger partial charge in [-0.1, -0.05) is 35.5 Å². The molecule has 1 aliphatic rings. The van der Waals surface area contributed by atoms with Crippen LogP contribution in [0.4, 0.5) is 5.00 Å². The summed E-state index contributed by atoms with van der Waals surface area (Å²) < 4.78 is 12.9. The number of ether oxygens (including phenoxy) is 2. The van der Waals surface area contributed by atoms with Crippen molar-refractivity contribution >= 4 is 51.6 Å². The normalized spacial score (nSPS) is 13.4. The highest BCUT2D eigenvalue weighted by Crippen LogP contribution is 2.39. The molecule has 180 valence electrons. The first-order valence-electron chi connectivity index (χ1n) is 10.9. The summed E-state index contributed by atoms with van der Waals surface area (Å²) in [5.74, 6) is 0.697. The van der Waals surface area contributed by atoms with Crippen LogP contribution >= 0.6 is 34.7 Å². The number of aromatic nitrogens is 3. The monoisotopic (exact) mass is 520 g/mol. The van der Waals surface area contributed by atoms with Gasteiger partial charge in [-0.3, -0.25) is 4.79 Å². The van der Waals surface area contributed by atoms with E-state index in [4.69, 9.17) is 21.1 Å². The summed E-state index contributed by atoms with van der Waals surface area (Å²) in [4.78, 5) is 26.3. The number of thioether (sulfide) groups is 1. The Balaban J connectivity index is 1.39. The molecular formula is C23H25ClN4O4S2. The number of nitrogens with one attached hydrogen (secondary N) is 1. The fourth-order valence-electron chi connectivity index (χ4n) is 3.79. The quantitative estimate of drug-likeness (QED) is 0.311. The van der Waals surface area contributed by atoms with E-state index in [9.17, 15) is 9.59 Å². The van der Waals surface area contributed by atoms with E-state index in [1.807, 2.05) is 26.1 Å². The van der Waals surface area contributed by atoms with Crippen LogP contribution in [0.2, 0.25) is 5.02 Å². The second-order valence-electron chi connectivity index (χ2n) is 7.71. The summed E-state index contributed by atoms with van der Waals surface area (Å²) in [7, 11) is 1.82. The van der Waals surface area contributed by atoms with E-state index in [1.54, 1.807) is 23.6 Å². The minimum absolute atomic E-state index is 0.122. The van der Waals surface area contributed by atoms with Crippen molar-refractivity contribution in [2.24, 2.45) is 7.05 Å². The van der Waals surface area contributed by atoms with Gasteiger partial charge in [0.25, 0.3) is 0 Å². The van der Waals surface area contributed by atoms with Crippen LogP contribution in [0.1, 0.15) is 53.0 Å². The van der Waals surface area contributed by atoms with Crippen molar-refractivity contribution in [3.8, 4) is 5.75 Å². The first-order valence-corrected chi connectivity index (χ1v) is 13.1. The van der Waals surface area contributed by atoms with Gasteiger partial charge >= 0.3 is 5.97 Å². The molecule has 1 unspecified atom stereocenters. The van der Waals surface area contributed by atoms with Crippen LogP contribution in [0.3, 0.4) is 0 Å². The number of rotatable bonds is 9. The van der Waals surface area contributed by atoms with Gasteiger partial charge in [-0.15, -0.1) is 21.5 Å². The molecule has 2 aromatic heterocycles. The number of thiophene rings is 1. The first-order chi connectivity index (χ1) is 16.4. The van der Waals surface area contributed by atoms with Crippen molar-refractivity contribution in [2.75, 3.05) is 17.7 Å². The van der Waals surface area contributed by atoms with E-state index in [0.29, 0.717) is 38.9 Å². The van der Waals surface area contributed by atoms with E-state index in [-0.39, 0.29) is 23.7 Å². The Labute approximate surface area is 211 Å². The van der Waals surface area contributed by atoms with Crippen molar-refractivity contribution in [2.45, 2.75) is 44.4 Å². The zero-order chi connectivity index (χ0) is 24.2. The van der Waals surface area contributed by atoms with Crippen LogP contribution in [-0.4, -0.2) is 39.0 Å². The number of aryl methyl sites for hydroxylation is 1. The summed E-state index contributed by atoms with van der Waals surface area (Å²) in [6.45, 7) is 3.93. The lowest BCUT2D eigenvalue weighted by atomic mass is 10.1. The van der Waals surface area contributed by atoms with Gasteiger partial charge in [-0.2, -0.15) is 0 Å². The molecule has 1 aliphatic carbocycles. The molecule has 0 spiro atoms. The molecule has 0 aliphatic heterocycles. The number of halogens is 1. The minimum atomic E-state index is -0.388. The van der Waals surface area contributed by atoms with Crippen molar-refractivity contribution in [1.29, 1.82) is 0 Å². The SMILES string of the molecule is CCOC(=O)c1c(NC(=O)CSc2nnc(C(C)Oc3ccccc3Cl)n2C)sc2c1CCC2. The van der Waals surface area contributed by atoms with Crippen LogP contribution in [0.5, 0.6) is 5.75 Å². The molecule has 34 heavy (non-hydrogen) atoms. The van der Waals surface area contributed by atoms with Gasteiger partial charge in [-0.05, 0) is 50.8 Å². The van der Waals surface area contributed by atoms with E-state index in [2.05, 4.69) is 15.5 Å². The number of benzene rings is 1. The predicted octanol–water partition coefficient (Wildman–Crippen LogP) is 5.07. The van der Waals surface area contributed by atoms with Gasteiger partial charge in [0, 0.05) is 11.9 Å². The highest BCUT2D eigenvalue weighted by Gasteiger charge is 2.28. The molecule has 3 aromatic rings. The molecule has 11 heteroatoms. The Morgan fingerprint density at radius 2 is 2.09 bits per heavy atom. The lowest BCUT2D eigenvalue weighted by molar-refractivity contribution is -0.113. The molecule has 0 saturated carbocycles. The smallest absolute Gasteiger partial charge is 0.341 e. The molecule has 1 N–H and O–H groups in total. The van der Waals surface area contributed by atoms with Crippen molar-refractivity contribution < 1.29 is 19.1 Å². The molecule has 8 nitrogen and oxygen atoms in total.